The summed E-state index contributed by atoms with van der Waals surface area (Å²) in [6, 6.07) is 8.91. The number of rotatable bonds is 5. The number of piperidine rings is 4. The minimum absolute atomic E-state index is 0.0193. The molecule has 13 atom stereocenters. The summed E-state index contributed by atoms with van der Waals surface area (Å²) in [5, 5.41) is 13.0. The second-order valence-corrected chi connectivity index (χ2v) is 18.2. The van der Waals surface area contributed by atoms with Gasteiger partial charge in [-0.05, 0) is 81.2 Å². The number of likely N-dealkylation sites (N-methyl/N-ethyl adjacent to an activating group) is 2. The van der Waals surface area contributed by atoms with Crippen molar-refractivity contribution in [2.75, 3.05) is 72.0 Å². The van der Waals surface area contributed by atoms with E-state index in [4.69, 9.17) is 18.9 Å². The Labute approximate surface area is 329 Å². The monoisotopic (exact) mass is 762 g/mol. The number of allylic oxidation sites excluding steroid dienone is 2. The Morgan fingerprint density at radius 2 is 1.61 bits per heavy atom. The summed E-state index contributed by atoms with van der Waals surface area (Å²) < 4.78 is 23.9. The lowest BCUT2D eigenvalue weighted by Gasteiger charge is -2.61. The van der Waals surface area contributed by atoms with Crippen LogP contribution < -0.4 is 19.3 Å². The first-order valence-corrected chi connectivity index (χ1v) is 20.6. The third-order valence-corrected chi connectivity index (χ3v) is 17.6. The third-order valence-electron chi connectivity index (χ3n) is 17.6. The van der Waals surface area contributed by atoms with Gasteiger partial charge in [-0.2, -0.15) is 0 Å². The highest BCUT2D eigenvalue weighted by Gasteiger charge is 2.83. The highest BCUT2D eigenvalue weighted by Crippen LogP contribution is 2.74. The lowest BCUT2D eigenvalue weighted by Crippen LogP contribution is -2.71. The van der Waals surface area contributed by atoms with Crippen LogP contribution in [0.4, 0.5) is 11.4 Å². The molecule has 11 heteroatoms. The van der Waals surface area contributed by atoms with Crippen LogP contribution in [0.25, 0.3) is 11.1 Å². The van der Waals surface area contributed by atoms with Crippen LogP contribution in [-0.4, -0.2) is 119 Å². The molecule has 0 amide bonds. The Morgan fingerprint density at radius 1 is 0.875 bits per heavy atom. The lowest BCUT2D eigenvalue weighted by molar-refractivity contribution is -0.179. The second-order valence-electron chi connectivity index (χ2n) is 18.2. The average Bonchev–Trinajstić information content (AvgIpc) is 3.77. The van der Waals surface area contributed by atoms with Gasteiger partial charge in [0.2, 0.25) is 0 Å². The molecule has 9 heterocycles. The summed E-state index contributed by atoms with van der Waals surface area (Å²) in [4.78, 5) is 38.3. The number of benzene rings is 2. The molecule has 2 spiro atoms. The van der Waals surface area contributed by atoms with E-state index in [0.29, 0.717) is 6.42 Å². The Bertz CT molecular complexity index is 2200. The smallest absolute Gasteiger partial charge is 0.316 e. The van der Waals surface area contributed by atoms with E-state index in [1.807, 2.05) is 0 Å². The zero-order chi connectivity index (χ0) is 39.0. The summed E-state index contributed by atoms with van der Waals surface area (Å²) in [5.74, 6) is 0.764. The number of nitrogens with zero attached hydrogens (tertiary/aromatic N) is 4. The van der Waals surface area contributed by atoms with Gasteiger partial charge in [-0.1, -0.05) is 23.3 Å². The lowest BCUT2D eigenvalue weighted by atomic mass is 9.54. The van der Waals surface area contributed by atoms with E-state index in [-0.39, 0.29) is 53.5 Å². The predicted molar refractivity (Wildman–Crippen MR) is 211 cm³/mol. The highest BCUT2D eigenvalue weighted by molar-refractivity contribution is 5.90. The number of ether oxygens (including phenoxy) is 4. The van der Waals surface area contributed by atoms with Crippen molar-refractivity contribution in [1.29, 1.82) is 0 Å². The Hall–Kier alpha value is -4.06. The van der Waals surface area contributed by atoms with Crippen LogP contribution in [-0.2, 0) is 29.9 Å². The number of carbonyl (C=O) groups is 2. The molecule has 2 saturated carbocycles. The van der Waals surface area contributed by atoms with Gasteiger partial charge < -0.3 is 33.9 Å². The molecule has 9 bridgehead atoms. The average molecular weight is 763 g/mol. The van der Waals surface area contributed by atoms with Crippen LogP contribution in [0.3, 0.4) is 0 Å². The SMILES string of the molecule is CC=C1CN2CCC34c5cc(OC)c(-c6cc7c(cc6OC)N(C)C6C8CC9C(=CC)CN8C8CC76C(O)C98C(=O)OC)cc5N(C)C23CCC1C4C(=O)OC. The number of methoxy groups -OCH3 is 4. The van der Waals surface area contributed by atoms with Gasteiger partial charge in [-0.3, -0.25) is 19.4 Å². The molecule has 56 heavy (non-hydrogen) atoms. The van der Waals surface area contributed by atoms with Gasteiger partial charge in [0, 0.05) is 91.1 Å². The van der Waals surface area contributed by atoms with E-state index >= 15 is 0 Å². The Balaban J connectivity index is 1.12. The zero-order valence-electron chi connectivity index (χ0n) is 33.8. The Kier molecular flexibility index (Phi) is 6.97. The van der Waals surface area contributed by atoms with Crippen LogP contribution in [0.1, 0.15) is 57.1 Å². The minimum atomic E-state index is -1.04. The first-order valence-electron chi connectivity index (χ1n) is 20.6. The molecule has 9 fully saturated rings. The van der Waals surface area contributed by atoms with Gasteiger partial charge in [0.1, 0.15) is 22.6 Å². The number of hydrogen-bond acceptors (Lipinski definition) is 11. The molecule has 9 aliphatic heterocycles. The zero-order valence-corrected chi connectivity index (χ0v) is 33.8. The molecule has 7 saturated heterocycles. The number of anilines is 2. The maximum Gasteiger partial charge on any atom is 0.316 e. The van der Waals surface area contributed by atoms with Crippen molar-refractivity contribution in [1.82, 2.24) is 9.80 Å². The number of fused-ring (bicyclic) bond motifs is 5. The molecule has 13 rings (SSSR count). The topological polar surface area (TPSA) is 104 Å². The van der Waals surface area contributed by atoms with Crippen LogP contribution >= 0.6 is 0 Å². The number of carbonyl (C=O) groups excluding carboxylic acids is 2. The normalized spacial score (nSPS) is 43.8. The fraction of sp³-hybridized carbons (Fsp3) is 0.600. The molecular formula is C45H54N4O7. The summed E-state index contributed by atoms with van der Waals surface area (Å²) >= 11 is 0. The Morgan fingerprint density at radius 3 is 2.30 bits per heavy atom. The van der Waals surface area contributed by atoms with Crippen molar-refractivity contribution >= 4 is 23.3 Å². The van der Waals surface area contributed by atoms with Gasteiger partial charge in [0.25, 0.3) is 0 Å². The molecule has 11 aliphatic rings. The molecule has 0 aromatic heterocycles. The van der Waals surface area contributed by atoms with Crippen molar-refractivity contribution in [2.24, 2.45) is 23.2 Å². The minimum Gasteiger partial charge on any atom is -0.496 e. The maximum absolute atomic E-state index is 14.2. The van der Waals surface area contributed by atoms with Gasteiger partial charge in [-0.15, -0.1) is 0 Å². The van der Waals surface area contributed by atoms with Crippen molar-refractivity contribution < 1.29 is 33.6 Å². The van der Waals surface area contributed by atoms with Crippen molar-refractivity contribution in [3.05, 3.63) is 58.7 Å². The van der Waals surface area contributed by atoms with Crippen LogP contribution in [0.2, 0.25) is 0 Å². The van der Waals surface area contributed by atoms with Crippen molar-refractivity contribution in [2.45, 2.75) is 86.7 Å². The molecule has 0 radical (unpaired) electrons. The summed E-state index contributed by atoms with van der Waals surface area (Å²) in [5.41, 5.74) is 6.15. The van der Waals surface area contributed by atoms with E-state index in [2.05, 4.69) is 84.0 Å². The number of aliphatic hydroxyl groups is 1. The van der Waals surface area contributed by atoms with Gasteiger partial charge in [0.05, 0.1) is 46.5 Å². The largest absolute Gasteiger partial charge is 0.496 e. The van der Waals surface area contributed by atoms with Gasteiger partial charge >= 0.3 is 11.9 Å². The van der Waals surface area contributed by atoms with E-state index in [9.17, 15) is 14.7 Å². The maximum atomic E-state index is 14.2. The van der Waals surface area contributed by atoms with Crippen molar-refractivity contribution in [3.63, 3.8) is 0 Å². The fourth-order valence-corrected chi connectivity index (χ4v) is 15.8. The van der Waals surface area contributed by atoms with Crippen LogP contribution in [0.15, 0.2) is 47.6 Å². The summed E-state index contributed by atoms with van der Waals surface area (Å²) in [6.45, 7) is 6.74. The highest BCUT2D eigenvalue weighted by atomic mass is 16.5. The van der Waals surface area contributed by atoms with E-state index in [1.165, 1.54) is 25.4 Å². The van der Waals surface area contributed by atoms with Gasteiger partial charge in [0.15, 0.2) is 0 Å². The predicted octanol–water partition coefficient (Wildman–Crippen LogP) is 4.63. The van der Waals surface area contributed by atoms with Crippen molar-refractivity contribution in [3.8, 4) is 22.6 Å². The van der Waals surface area contributed by atoms with E-state index in [0.717, 1.165) is 90.4 Å². The number of aliphatic hydroxyl groups excluding tert-OH is 1. The van der Waals surface area contributed by atoms with E-state index in [1.54, 1.807) is 14.2 Å². The van der Waals surface area contributed by atoms with Gasteiger partial charge in [-0.25, -0.2) is 0 Å². The standard InChI is InChI=1S/C45H54N4O7/c1-9-23-21-48-14-13-43-30-18-34(53-5)27(16-32(30)47(4)44(43,48)12-11-25(23)37(43)39(50)55-7)26-15-29-31(19-35(26)54-6)46(3)38-33-17-28-24(10-2)22-49(33)36-20-42(29,38)40(51)45(28,36)41(52)56-8/h9-10,15-16,18-19,25,28,33,36-38,40,51H,11-14,17,20-22H2,1-8H3. The third kappa shape index (κ3) is 3.39. The molecule has 13 unspecified atom stereocenters. The first-order chi connectivity index (χ1) is 27.0. The molecule has 2 aromatic carbocycles. The first kappa shape index (κ1) is 35.1. The van der Waals surface area contributed by atoms with E-state index < -0.39 is 22.3 Å². The molecular weight excluding hydrogens is 709 g/mol. The fourth-order valence-electron chi connectivity index (χ4n) is 15.8. The van der Waals surface area contributed by atoms with Crippen LogP contribution in [0, 0.1) is 23.2 Å². The summed E-state index contributed by atoms with van der Waals surface area (Å²) in [6.07, 6.45) is 7.70. The second kappa shape index (κ2) is 11.1. The molecule has 11 nitrogen and oxygen atoms in total. The molecule has 1 N–H and O–H groups in total. The number of hydrogen-bond donors (Lipinski definition) is 1. The summed E-state index contributed by atoms with van der Waals surface area (Å²) in [7, 11) is 10.8. The van der Waals surface area contributed by atoms with Crippen LogP contribution in [0.5, 0.6) is 11.5 Å². The molecule has 2 aromatic rings. The number of esters is 2. The molecule has 2 aliphatic carbocycles. The molecule has 296 valence electrons. The quantitative estimate of drug-likeness (QED) is 0.341.